The fourth-order valence-electron chi connectivity index (χ4n) is 2.68. The Morgan fingerprint density at radius 3 is 1.89 bits per heavy atom. The van der Waals surface area contributed by atoms with Crippen LogP contribution in [0.25, 0.3) is 6.08 Å². The number of sulfonamides is 1. The Morgan fingerprint density at radius 1 is 0.786 bits per heavy atom. The Bertz CT molecular complexity index is 1080. The molecule has 0 spiro atoms. The second kappa shape index (κ2) is 8.23. The summed E-state index contributed by atoms with van der Waals surface area (Å²) in [6.07, 6.45) is 2.89. The van der Waals surface area contributed by atoms with Crippen molar-refractivity contribution >= 4 is 27.7 Å². The first-order chi connectivity index (χ1) is 13.4. The summed E-state index contributed by atoms with van der Waals surface area (Å²) in [7, 11) is -4.05. The lowest BCUT2D eigenvalue weighted by atomic mass is 10.1. The molecule has 142 valence electrons. The zero-order valence-corrected chi connectivity index (χ0v) is 16.6. The predicted octanol–water partition coefficient (Wildman–Crippen LogP) is 4.74. The number of aryl methyl sites for hydroxylation is 2. The topological polar surface area (TPSA) is 54.5 Å². The number of hydrogen-bond donors (Lipinski definition) is 0. The average Bonchev–Trinajstić information content (AvgIpc) is 2.69. The van der Waals surface area contributed by atoms with E-state index in [1.54, 1.807) is 48.5 Å². The van der Waals surface area contributed by atoms with Gasteiger partial charge in [-0.25, -0.2) is 8.42 Å². The lowest BCUT2D eigenvalue weighted by molar-refractivity contribution is -0.113. The van der Waals surface area contributed by atoms with Crippen molar-refractivity contribution < 1.29 is 13.2 Å². The fourth-order valence-corrected chi connectivity index (χ4v) is 4.06. The molecule has 0 saturated carbocycles. The van der Waals surface area contributed by atoms with Gasteiger partial charge in [0.1, 0.15) is 0 Å². The highest BCUT2D eigenvalue weighted by molar-refractivity contribution is 7.93. The Labute approximate surface area is 165 Å². The smallest absolute Gasteiger partial charge is 0.268 e. The van der Waals surface area contributed by atoms with Crippen LogP contribution in [0.5, 0.6) is 0 Å². The number of amides is 1. The number of carbonyl (C=O) groups excluding carboxylic acids is 1. The van der Waals surface area contributed by atoms with Gasteiger partial charge in [-0.2, -0.15) is 4.31 Å². The van der Waals surface area contributed by atoms with Crippen molar-refractivity contribution in [1.29, 1.82) is 0 Å². The van der Waals surface area contributed by atoms with Gasteiger partial charge in [-0.3, -0.25) is 4.79 Å². The normalized spacial score (nSPS) is 11.5. The fraction of sp³-hybridized carbons (Fsp3) is 0.0870. The van der Waals surface area contributed by atoms with Crippen LogP contribution in [0.2, 0.25) is 0 Å². The highest BCUT2D eigenvalue weighted by Crippen LogP contribution is 2.24. The molecule has 0 radical (unpaired) electrons. The highest BCUT2D eigenvalue weighted by atomic mass is 32.2. The Morgan fingerprint density at radius 2 is 1.32 bits per heavy atom. The van der Waals surface area contributed by atoms with Gasteiger partial charge in [0, 0.05) is 6.08 Å². The molecule has 3 aromatic carbocycles. The van der Waals surface area contributed by atoms with Crippen molar-refractivity contribution in [3.63, 3.8) is 0 Å². The van der Waals surface area contributed by atoms with Gasteiger partial charge in [0.25, 0.3) is 15.9 Å². The summed E-state index contributed by atoms with van der Waals surface area (Å²) in [5.41, 5.74) is 3.16. The summed E-state index contributed by atoms with van der Waals surface area (Å²) in [5.74, 6) is -0.632. The molecule has 0 aliphatic carbocycles. The van der Waals surface area contributed by atoms with E-state index in [0.29, 0.717) is 5.69 Å². The SMILES string of the molecule is Cc1ccc(/C=C/C(=O)N(c2ccccc2)S(=O)(=O)c2ccc(C)cc2)cc1. The first kappa shape index (κ1) is 19.6. The van der Waals surface area contributed by atoms with E-state index in [-0.39, 0.29) is 4.90 Å². The molecule has 0 fully saturated rings. The standard InChI is InChI=1S/C23H21NO3S/c1-18-8-12-20(13-9-18)14-17-23(25)24(21-6-4-3-5-7-21)28(26,27)22-15-10-19(2)11-16-22/h3-17H,1-2H3/b17-14+. The van der Waals surface area contributed by atoms with Crippen LogP contribution in [-0.2, 0) is 14.8 Å². The van der Waals surface area contributed by atoms with Gasteiger partial charge in [0.2, 0.25) is 0 Å². The maximum Gasteiger partial charge on any atom is 0.271 e. The molecule has 0 atom stereocenters. The molecule has 0 bridgehead atoms. The van der Waals surface area contributed by atoms with Crippen LogP contribution in [0, 0.1) is 13.8 Å². The number of hydrogen-bond acceptors (Lipinski definition) is 3. The molecular formula is C23H21NO3S. The van der Waals surface area contributed by atoms with Gasteiger partial charge in [0.15, 0.2) is 0 Å². The molecule has 0 aliphatic heterocycles. The van der Waals surface area contributed by atoms with Gasteiger partial charge >= 0.3 is 0 Å². The van der Waals surface area contributed by atoms with E-state index in [9.17, 15) is 13.2 Å². The van der Waals surface area contributed by atoms with E-state index in [2.05, 4.69) is 0 Å². The highest BCUT2D eigenvalue weighted by Gasteiger charge is 2.29. The molecular weight excluding hydrogens is 370 g/mol. The first-order valence-electron chi connectivity index (χ1n) is 8.84. The van der Waals surface area contributed by atoms with Crippen LogP contribution < -0.4 is 4.31 Å². The lowest BCUT2D eigenvalue weighted by Crippen LogP contribution is -2.35. The molecule has 0 aliphatic rings. The van der Waals surface area contributed by atoms with Gasteiger partial charge in [-0.1, -0.05) is 65.7 Å². The number of para-hydroxylation sites is 1. The summed E-state index contributed by atoms with van der Waals surface area (Å²) >= 11 is 0. The van der Waals surface area contributed by atoms with E-state index < -0.39 is 15.9 Å². The number of rotatable bonds is 5. The van der Waals surface area contributed by atoms with Gasteiger partial charge in [0.05, 0.1) is 10.6 Å². The molecule has 0 heterocycles. The van der Waals surface area contributed by atoms with Crippen molar-refractivity contribution in [2.45, 2.75) is 18.7 Å². The van der Waals surface area contributed by atoms with Gasteiger partial charge in [-0.05, 0) is 49.8 Å². The molecule has 3 rings (SSSR count). The molecule has 28 heavy (non-hydrogen) atoms. The van der Waals surface area contributed by atoms with Crippen LogP contribution in [0.4, 0.5) is 5.69 Å². The molecule has 0 aromatic heterocycles. The van der Waals surface area contributed by atoms with Crippen LogP contribution in [0.3, 0.4) is 0 Å². The van der Waals surface area contributed by atoms with Crippen molar-refractivity contribution in [3.8, 4) is 0 Å². The summed E-state index contributed by atoms with van der Waals surface area (Å²) < 4.78 is 27.3. The van der Waals surface area contributed by atoms with E-state index in [1.165, 1.54) is 18.2 Å². The Balaban J connectivity index is 2.01. The van der Waals surface area contributed by atoms with Gasteiger partial charge < -0.3 is 0 Å². The molecule has 0 N–H and O–H groups in total. The van der Waals surface area contributed by atoms with Crippen molar-refractivity contribution in [2.24, 2.45) is 0 Å². The summed E-state index contributed by atoms with van der Waals surface area (Å²) in [6, 6.07) is 22.4. The van der Waals surface area contributed by atoms with E-state index in [0.717, 1.165) is 21.0 Å². The van der Waals surface area contributed by atoms with Crippen LogP contribution in [-0.4, -0.2) is 14.3 Å². The quantitative estimate of drug-likeness (QED) is 0.591. The number of benzene rings is 3. The van der Waals surface area contributed by atoms with E-state index >= 15 is 0 Å². The maximum absolute atomic E-state index is 13.2. The second-order valence-corrected chi connectivity index (χ2v) is 8.29. The molecule has 4 nitrogen and oxygen atoms in total. The maximum atomic E-state index is 13.2. The van der Waals surface area contributed by atoms with E-state index in [1.807, 2.05) is 38.1 Å². The zero-order chi connectivity index (χ0) is 20.1. The number of nitrogens with zero attached hydrogens (tertiary/aromatic N) is 1. The minimum atomic E-state index is -4.05. The zero-order valence-electron chi connectivity index (χ0n) is 15.7. The third-order valence-electron chi connectivity index (χ3n) is 4.25. The lowest BCUT2D eigenvalue weighted by Gasteiger charge is -2.21. The van der Waals surface area contributed by atoms with Crippen molar-refractivity contribution in [1.82, 2.24) is 0 Å². The molecule has 3 aromatic rings. The second-order valence-electron chi connectivity index (χ2n) is 6.50. The van der Waals surface area contributed by atoms with Crippen LogP contribution in [0.1, 0.15) is 16.7 Å². The third-order valence-corrected chi connectivity index (χ3v) is 5.99. The number of carbonyl (C=O) groups is 1. The molecule has 1 amide bonds. The minimum Gasteiger partial charge on any atom is -0.268 e. The average molecular weight is 391 g/mol. The summed E-state index contributed by atoms with van der Waals surface area (Å²) in [5, 5.41) is 0. The van der Waals surface area contributed by atoms with Crippen LogP contribution in [0.15, 0.2) is 89.8 Å². The largest absolute Gasteiger partial charge is 0.271 e. The predicted molar refractivity (Wildman–Crippen MR) is 113 cm³/mol. The molecule has 5 heteroatoms. The van der Waals surface area contributed by atoms with Gasteiger partial charge in [-0.15, -0.1) is 0 Å². The van der Waals surface area contributed by atoms with E-state index in [4.69, 9.17) is 0 Å². The molecule has 0 saturated heterocycles. The molecule has 0 unspecified atom stereocenters. The van der Waals surface area contributed by atoms with Crippen molar-refractivity contribution in [2.75, 3.05) is 4.31 Å². The summed E-state index contributed by atoms with van der Waals surface area (Å²) in [6.45, 7) is 3.85. The monoisotopic (exact) mass is 391 g/mol. The Hall–Kier alpha value is -3.18. The van der Waals surface area contributed by atoms with Crippen molar-refractivity contribution in [3.05, 3.63) is 102 Å². The number of anilines is 1. The first-order valence-corrected chi connectivity index (χ1v) is 10.3. The third kappa shape index (κ3) is 4.38. The Kier molecular flexibility index (Phi) is 5.76. The summed E-state index contributed by atoms with van der Waals surface area (Å²) in [4.78, 5) is 13.0. The van der Waals surface area contributed by atoms with Crippen LogP contribution >= 0.6 is 0 Å². The minimum absolute atomic E-state index is 0.0686.